The molecule has 0 spiro atoms. The fourth-order valence-electron chi connectivity index (χ4n) is 2.15. The highest BCUT2D eigenvalue weighted by Gasteiger charge is 2.17. The molecule has 0 radical (unpaired) electrons. The van der Waals surface area contributed by atoms with Crippen LogP contribution < -0.4 is 5.32 Å². The first-order valence-electron chi connectivity index (χ1n) is 6.08. The summed E-state index contributed by atoms with van der Waals surface area (Å²) in [7, 11) is 4.00. The van der Waals surface area contributed by atoms with E-state index in [0.29, 0.717) is 6.04 Å². The van der Waals surface area contributed by atoms with Crippen LogP contribution in [0.1, 0.15) is 29.1 Å². The highest BCUT2D eigenvalue weighted by molar-refractivity contribution is 9.11. The lowest BCUT2D eigenvalue weighted by atomic mass is 10.0. The average Bonchev–Trinajstić information content (AvgIpc) is 2.92. The van der Waals surface area contributed by atoms with Gasteiger partial charge in [0.25, 0.3) is 0 Å². The van der Waals surface area contributed by atoms with Crippen molar-refractivity contribution in [2.45, 2.75) is 25.8 Å². The van der Waals surface area contributed by atoms with E-state index in [0.717, 1.165) is 12.8 Å². The number of rotatable bonds is 5. The van der Waals surface area contributed by atoms with Crippen LogP contribution in [0.5, 0.6) is 0 Å². The van der Waals surface area contributed by atoms with Gasteiger partial charge in [-0.05, 0) is 41.5 Å². The van der Waals surface area contributed by atoms with Crippen molar-refractivity contribution in [1.29, 1.82) is 0 Å². The van der Waals surface area contributed by atoms with Crippen molar-refractivity contribution in [3.05, 3.63) is 38.3 Å². The minimum Gasteiger partial charge on any atom is -0.313 e. The Morgan fingerprint density at radius 2 is 2.28 bits per heavy atom. The summed E-state index contributed by atoms with van der Waals surface area (Å²) >= 11 is 5.31. The number of aryl methyl sites for hydroxylation is 2. The summed E-state index contributed by atoms with van der Waals surface area (Å²) in [6.07, 6.45) is 4.11. The number of aromatic nitrogens is 2. The van der Waals surface area contributed by atoms with Crippen molar-refractivity contribution in [1.82, 2.24) is 15.1 Å². The number of hydrogen-bond acceptors (Lipinski definition) is 3. The summed E-state index contributed by atoms with van der Waals surface area (Å²) < 4.78 is 3.09. The Labute approximate surface area is 120 Å². The lowest BCUT2D eigenvalue weighted by Crippen LogP contribution is -2.19. The molecule has 0 bridgehead atoms. The van der Waals surface area contributed by atoms with Gasteiger partial charge in [0.1, 0.15) is 0 Å². The largest absolute Gasteiger partial charge is 0.313 e. The molecule has 5 heteroatoms. The van der Waals surface area contributed by atoms with Crippen molar-refractivity contribution in [3.63, 3.8) is 0 Å². The number of nitrogens with one attached hydrogen (secondary N) is 1. The predicted octanol–water partition coefficient (Wildman–Crippen LogP) is 3.31. The van der Waals surface area contributed by atoms with Crippen LogP contribution in [-0.4, -0.2) is 16.8 Å². The van der Waals surface area contributed by atoms with E-state index in [9.17, 15) is 0 Å². The highest BCUT2D eigenvalue weighted by atomic mass is 79.9. The van der Waals surface area contributed by atoms with E-state index in [2.05, 4.69) is 51.6 Å². The van der Waals surface area contributed by atoms with Crippen LogP contribution >= 0.6 is 27.3 Å². The van der Waals surface area contributed by atoms with Crippen LogP contribution in [0.25, 0.3) is 0 Å². The SMILES string of the molecule is CCc1nn(C)cc1C(Cc1ccc(Br)s1)NC. The lowest BCUT2D eigenvalue weighted by molar-refractivity contribution is 0.591. The van der Waals surface area contributed by atoms with Gasteiger partial charge in [0.15, 0.2) is 0 Å². The van der Waals surface area contributed by atoms with Gasteiger partial charge >= 0.3 is 0 Å². The summed E-state index contributed by atoms with van der Waals surface area (Å²) in [4.78, 5) is 1.38. The first-order chi connectivity index (χ1) is 8.63. The monoisotopic (exact) mass is 327 g/mol. The van der Waals surface area contributed by atoms with Crippen LogP contribution in [-0.2, 0) is 19.9 Å². The molecule has 3 nitrogen and oxygen atoms in total. The van der Waals surface area contributed by atoms with Crippen molar-refractivity contribution in [2.24, 2.45) is 7.05 Å². The Morgan fingerprint density at radius 3 is 2.83 bits per heavy atom. The predicted molar refractivity (Wildman–Crippen MR) is 80.1 cm³/mol. The number of thiophene rings is 1. The van der Waals surface area contributed by atoms with Crippen LogP contribution in [0.15, 0.2) is 22.1 Å². The highest BCUT2D eigenvalue weighted by Crippen LogP contribution is 2.28. The van der Waals surface area contributed by atoms with E-state index in [1.54, 1.807) is 11.3 Å². The Hall–Kier alpha value is -0.650. The van der Waals surface area contributed by atoms with E-state index in [1.807, 2.05) is 18.8 Å². The maximum absolute atomic E-state index is 4.52. The fraction of sp³-hybridized carbons (Fsp3) is 0.462. The zero-order valence-corrected chi connectivity index (χ0v) is 13.3. The van der Waals surface area contributed by atoms with Gasteiger partial charge in [0.05, 0.1) is 9.48 Å². The van der Waals surface area contributed by atoms with Gasteiger partial charge in [0.2, 0.25) is 0 Å². The summed E-state index contributed by atoms with van der Waals surface area (Å²) in [5.74, 6) is 0. The first kappa shape index (κ1) is 13.8. The van der Waals surface area contributed by atoms with Gasteiger partial charge in [-0.3, -0.25) is 4.68 Å². The number of likely N-dealkylation sites (N-methyl/N-ethyl adjacent to an activating group) is 1. The average molecular weight is 328 g/mol. The van der Waals surface area contributed by atoms with E-state index in [4.69, 9.17) is 0 Å². The molecule has 0 saturated carbocycles. The minimum atomic E-state index is 0.333. The molecule has 0 saturated heterocycles. The quantitative estimate of drug-likeness (QED) is 0.913. The van der Waals surface area contributed by atoms with Crippen LogP contribution in [0.4, 0.5) is 0 Å². The molecule has 1 N–H and O–H groups in total. The topological polar surface area (TPSA) is 29.9 Å². The molecule has 18 heavy (non-hydrogen) atoms. The number of hydrogen-bond donors (Lipinski definition) is 1. The third-order valence-corrected chi connectivity index (χ3v) is 4.68. The molecule has 0 aromatic carbocycles. The molecule has 0 aliphatic heterocycles. The molecular formula is C13H18BrN3S. The van der Waals surface area contributed by atoms with Gasteiger partial charge in [0, 0.05) is 36.1 Å². The Bertz CT molecular complexity index is 518. The van der Waals surface area contributed by atoms with Gasteiger partial charge in [-0.1, -0.05) is 6.92 Å². The molecular weight excluding hydrogens is 310 g/mol. The third kappa shape index (κ3) is 3.02. The van der Waals surface area contributed by atoms with Crippen molar-refractivity contribution < 1.29 is 0 Å². The standard InChI is InChI=1S/C13H18BrN3S/c1-4-11-10(8-17(3)16-11)12(15-2)7-9-5-6-13(14)18-9/h5-6,8,12,15H,4,7H2,1-3H3. The third-order valence-electron chi connectivity index (χ3n) is 3.03. The molecule has 2 aromatic heterocycles. The Morgan fingerprint density at radius 1 is 1.50 bits per heavy atom. The van der Waals surface area contributed by atoms with E-state index in [-0.39, 0.29) is 0 Å². The zero-order chi connectivity index (χ0) is 13.1. The molecule has 0 fully saturated rings. The fourth-order valence-corrected chi connectivity index (χ4v) is 3.68. The maximum atomic E-state index is 4.52. The van der Waals surface area contributed by atoms with Gasteiger partial charge < -0.3 is 5.32 Å². The van der Waals surface area contributed by atoms with E-state index in [1.165, 1.54) is 19.9 Å². The van der Waals surface area contributed by atoms with E-state index >= 15 is 0 Å². The molecule has 0 aliphatic carbocycles. The second-order valence-corrected chi connectivity index (χ2v) is 6.86. The van der Waals surface area contributed by atoms with Gasteiger partial charge in [-0.15, -0.1) is 11.3 Å². The molecule has 1 unspecified atom stereocenters. The first-order valence-corrected chi connectivity index (χ1v) is 7.68. The van der Waals surface area contributed by atoms with Gasteiger partial charge in [-0.2, -0.15) is 5.10 Å². The van der Waals surface area contributed by atoms with Crippen LogP contribution in [0.3, 0.4) is 0 Å². The molecule has 2 aromatic rings. The molecule has 2 rings (SSSR count). The van der Waals surface area contributed by atoms with Crippen molar-refractivity contribution in [2.75, 3.05) is 7.05 Å². The van der Waals surface area contributed by atoms with Crippen molar-refractivity contribution in [3.8, 4) is 0 Å². The second-order valence-electron chi connectivity index (χ2n) is 4.31. The number of nitrogens with zero attached hydrogens (tertiary/aromatic N) is 2. The second kappa shape index (κ2) is 5.99. The Balaban J connectivity index is 2.22. The molecule has 2 heterocycles. The molecule has 0 aliphatic rings. The molecule has 1 atom stereocenters. The van der Waals surface area contributed by atoms with Crippen LogP contribution in [0, 0.1) is 0 Å². The number of halogens is 1. The van der Waals surface area contributed by atoms with Crippen molar-refractivity contribution >= 4 is 27.3 Å². The summed E-state index contributed by atoms with van der Waals surface area (Å²) in [5.41, 5.74) is 2.50. The molecule has 0 amide bonds. The lowest BCUT2D eigenvalue weighted by Gasteiger charge is -2.15. The maximum Gasteiger partial charge on any atom is 0.0701 e. The Kier molecular flexibility index (Phi) is 4.59. The summed E-state index contributed by atoms with van der Waals surface area (Å²) in [5, 5.41) is 7.92. The van der Waals surface area contributed by atoms with E-state index < -0.39 is 0 Å². The zero-order valence-electron chi connectivity index (χ0n) is 10.9. The minimum absolute atomic E-state index is 0.333. The molecule has 98 valence electrons. The van der Waals surface area contributed by atoms with Gasteiger partial charge in [-0.25, -0.2) is 0 Å². The van der Waals surface area contributed by atoms with Crippen LogP contribution in [0.2, 0.25) is 0 Å². The summed E-state index contributed by atoms with van der Waals surface area (Å²) in [6, 6.07) is 4.62. The smallest absolute Gasteiger partial charge is 0.0701 e. The summed E-state index contributed by atoms with van der Waals surface area (Å²) in [6.45, 7) is 2.15. The normalized spacial score (nSPS) is 12.9.